The quantitative estimate of drug-likeness (QED) is 0.681. The maximum absolute atomic E-state index is 6.24. The highest BCUT2D eigenvalue weighted by Crippen LogP contribution is 2.37. The zero-order valence-electron chi connectivity index (χ0n) is 10.6. The maximum atomic E-state index is 6.24. The number of ether oxygens (including phenoxy) is 1. The Balaban J connectivity index is 2.08. The summed E-state index contributed by atoms with van der Waals surface area (Å²) in [6, 6.07) is 10.6. The molecule has 1 heterocycles. The highest BCUT2D eigenvalue weighted by Gasteiger charge is 2.31. The van der Waals surface area contributed by atoms with Gasteiger partial charge in [0.1, 0.15) is 0 Å². The first-order chi connectivity index (χ1) is 7.57. The van der Waals surface area contributed by atoms with Crippen LogP contribution in [0.25, 0.3) is 0 Å². The zero-order valence-corrected chi connectivity index (χ0v) is 10.6. The SMILES string of the molecule is CC(C)(C)C1CCCC(c2ccccc2)O1. The topological polar surface area (TPSA) is 9.23 Å². The minimum Gasteiger partial charge on any atom is -0.370 e. The molecule has 0 saturated carbocycles. The Labute approximate surface area is 98.8 Å². The van der Waals surface area contributed by atoms with E-state index in [-0.39, 0.29) is 5.41 Å². The van der Waals surface area contributed by atoms with Crippen LogP contribution in [0.1, 0.15) is 51.7 Å². The molecule has 16 heavy (non-hydrogen) atoms. The molecule has 1 aliphatic rings. The van der Waals surface area contributed by atoms with Crippen molar-refractivity contribution in [2.75, 3.05) is 0 Å². The molecule has 1 aromatic carbocycles. The first kappa shape index (κ1) is 11.7. The largest absolute Gasteiger partial charge is 0.370 e. The van der Waals surface area contributed by atoms with Gasteiger partial charge in [0.25, 0.3) is 0 Å². The predicted octanol–water partition coefficient (Wildman–Crippen LogP) is 4.34. The van der Waals surface area contributed by atoms with E-state index in [0.717, 1.165) is 6.42 Å². The summed E-state index contributed by atoms with van der Waals surface area (Å²) in [4.78, 5) is 0. The van der Waals surface area contributed by atoms with Crippen molar-refractivity contribution >= 4 is 0 Å². The Kier molecular flexibility index (Phi) is 3.34. The van der Waals surface area contributed by atoms with Crippen molar-refractivity contribution in [3.8, 4) is 0 Å². The van der Waals surface area contributed by atoms with Crippen LogP contribution < -0.4 is 0 Å². The van der Waals surface area contributed by atoms with E-state index in [1.807, 2.05) is 0 Å². The molecule has 1 aliphatic heterocycles. The number of hydrogen-bond donors (Lipinski definition) is 0. The first-order valence-electron chi connectivity index (χ1n) is 6.28. The summed E-state index contributed by atoms with van der Waals surface area (Å²) in [5.41, 5.74) is 1.59. The van der Waals surface area contributed by atoms with Crippen molar-refractivity contribution in [3.05, 3.63) is 35.9 Å². The lowest BCUT2D eigenvalue weighted by Crippen LogP contribution is -2.33. The number of benzene rings is 1. The molecule has 0 spiro atoms. The van der Waals surface area contributed by atoms with Gasteiger partial charge in [0.05, 0.1) is 12.2 Å². The third kappa shape index (κ3) is 2.65. The molecule has 2 unspecified atom stereocenters. The van der Waals surface area contributed by atoms with Crippen molar-refractivity contribution in [1.29, 1.82) is 0 Å². The molecule has 0 aromatic heterocycles. The molecule has 1 aromatic rings. The molecule has 1 fully saturated rings. The third-order valence-corrected chi connectivity index (χ3v) is 3.40. The van der Waals surface area contributed by atoms with Gasteiger partial charge in [-0.3, -0.25) is 0 Å². The summed E-state index contributed by atoms with van der Waals surface area (Å²) >= 11 is 0. The van der Waals surface area contributed by atoms with E-state index in [1.165, 1.54) is 18.4 Å². The minimum absolute atomic E-state index is 0.257. The summed E-state index contributed by atoms with van der Waals surface area (Å²) in [7, 11) is 0. The van der Waals surface area contributed by atoms with Gasteiger partial charge in [0.15, 0.2) is 0 Å². The van der Waals surface area contributed by atoms with E-state index in [4.69, 9.17) is 4.74 Å². The average Bonchev–Trinajstić information content (AvgIpc) is 2.29. The molecule has 2 atom stereocenters. The fourth-order valence-electron chi connectivity index (χ4n) is 2.37. The van der Waals surface area contributed by atoms with Crippen LogP contribution in [0.5, 0.6) is 0 Å². The standard InChI is InChI=1S/C15H22O/c1-15(2,3)14-11-7-10-13(16-14)12-8-5-4-6-9-12/h4-6,8-9,13-14H,7,10-11H2,1-3H3. The molecule has 1 nitrogen and oxygen atoms in total. The van der Waals surface area contributed by atoms with Gasteiger partial charge in [-0.25, -0.2) is 0 Å². The Morgan fingerprint density at radius 3 is 2.38 bits per heavy atom. The van der Waals surface area contributed by atoms with Crippen molar-refractivity contribution < 1.29 is 4.74 Å². The molecule has 1 saturated heterocycles. The van der Waals surface area contributed by atoms with E-state index in [9.17, 15) is 0 Å². The van der Waals surface area contributed by atoms with Gasteiger partial charge in [0.2, 0.25) is 0 Å². The summed E-state index contributed by atoms with van der Waals surface area (Å²) in [6.45, 7) is 6.81. The van der Waals surface area contributed by atoms with Crippen LogP contribution in [-0.2, 0) is 4.74 Å². The van der Waals surface area contributed by atoms with Crippen molar-refractivity contribution in [2.45, 2.75) is 52.2 Å². The van der Waals surface area contributed by atoms with E-state index in [2.05, 4.69) is 51.1 Å². The second kappa shape index (κ2) is 4.58. The average molecular weight is 218 g/mol. The van der Waals surface area contributed by atoms with Gasteiger partial charge in [-0.05, 0) is 30.2 Å². The second-order valence-corrected chi connectivity index (χ2v) is 5.82. The lowest BCUT2D eigenvalue weighted by Gasteiger charge is -2.38. The highest BCUT2D eigenvalue weighted by molar-refractivity contribution is 5.18. The molecule has 0 bridgehead atoms. The zero-order chi connectivity index (χ0) is 11.6. The minimum atomic E-state index is 0.257. The molecule has 0 aliphatic carbocycles. The van der Waals surface area contributed by atoms with Crippen LogP contribution in [0.15, 0.2) is 30.3 Å². The van der Waals surface area contributed by atoms with Crippen LogP contribution in [0, 0.1) is 5.41 Å². The fourth-order valence-corrected chi connectivity index (χ4v) is 2.37. The van der Waals surface area contributed by atoms with Crippen LogP contribution in [0.3, 0.4) is 0 Å². The summed E-state index contributed by atoms with van der Waals surface area (Å²) in [5, 5.41) is 0. The second-order valence-electron chi connectivity index (χ2n) is 5.82. The normalized spacial score (nSPS) is 26.7. The van der Waals surface area contributed by atoms with Gasteiger partial charge >= 0.3 is 0 Å². The molecule has 88 valence electrons. The van der Waals surface area contributed by atoms with E-state index >= 15 is 0 Å². The number of hydrogen-bond acceptors (Lipinski definition) is 1. The molecule has 2 rings (SSSR count). The highest BCUT2D eigenvalue weighted by atomic mass is 16.5. The molecule has 0 N–H and O–H groups in total. The van der Waals surface area contributed by atoms with Gasteiger partial charge < -0.3 is 4.74 Å². The number of rotatable bonds is 1. The van der Waals surface area contributed by atoms with Gasteiger partial charge in [-0.15, -0.1) is 0 Å². The van der Waals surface area contributed by atoms with Crippen LogP contribution in [0.4, 0.5) is 0 Å². The molecule has 0 amide bonds. The van der Waals surface area contributed by atoms with E-state index < -0.39 is 0 Å². The first-order valence-corrected chi connectivity index (χ1v) is 6.28. The maximum Gasteiger partial charge on any atom is 0.0829 e. The fraction of sp³-hybridized carbons (Fsp3) is 0.600. The lowest BCUT2D eigenvalue weighted by molar-refractivity contribution is -0.100. The van der Waals surface area contributed by atoms with Crippen molar-refractivity contribution in [3.63, 3.8) is 0 Å². The predicted molar refractivity (Wildman–Crippen MR) is 67.4 cm³/mol. The van der Waals surface area contributed by atoms with Crippen molar-refractivity contribution in [2.24, 2.45) is 5.41 Å². The molecular weight excluding hydrogens is 196 g/mol. The molecule has 0 radical (unpaired) electrons. The van der Waals surface area contributed by atoms with Crippen molar-refractivity contribution in [1.82, 2.24) is 0 Å². The van der Waals surface area contributed by atoms with Crippen LogP contribution >= 0.6 is 0 Å². The summed E-state index contributed by atoms with van der Waals surface area (Å²) in [6.07, 6.45) is 4.34. The summed E-state index contributed by atoms with van der Waals surface area (Å²) < 4.78 is 6.24. The van der Waals surface area contributed by atoms with Gasteiger partial charge in [-0.1, -0.05) is 51.1 Å². The van der Waals surface area contributed by atoms with Crippen LogP contribution in [0.2, 0.25) is 0 Å². The monoisotopic (exact) mass is 218 g/mol. The molecule has 1 heteroatoms. The van der Waals surface area contributed by atoms with Gasteiger partial charge in [-0.2, -0.15) is 0 Å². The Morgan fingerprint density at radius 1 is 1.06 bits per heavy atom. The van der Waals surface area contributed by atoms with Gasteiger partial charge in [0, 0.05) is 0 Å². The van der Waals surface area contributed by atoms with Crippen LogP contribution in [-0.4, -0.2) is 6.10 Å². The lowest BCUT2D eigenvalue weighted by atomic mass is 9.83. The Morgan fingerprint density at radius 2 is 1.75 bits per heavy atom. The Bertz CT molecular complexity index is 323. The smallest absolute Gasteiger partial charge is 0.0829 e. The molecular formula is C15H22O. The Hall–Kier alpha value is -0.820. The van der Waals surface area contributed by atoms with E-state index in [0.29, 0.717) is 12.2 Å². The van der Waals surface area contributed by atoms with E-state index in [1.54, 1.807) is 0 Å². The summed E-state index contributed by atoms with van der Waals surface area (Å²) in [5.74, 6) is 0. The third-order valence-electron chi connectivity index (χ3n) is 3.40.